The van der Waals surface area contributed by atoms with Crippen molar-refractivity contribution in [3.8, 4) is 0 Å². The largest absolute Gasteiger partial charge is 0.462 e. The molecule has 6 heteroatoms. The van der Waals surface area contributed by atoms with Crippen molar-refractivity contribution in [1.82, 2.24) is 0 Å². The highest BCUT2D eigenvalue weighted by atomic mass is 16.6. The van der Waals surface area contributed by atoms with Crippen molar-refractivity contribution in [3.05, 3.63) is 36.5 Å². The van der Waals surface area contributed by atoms with Crippen LogP contribution in [-0.2, 0) is 28.6 Å². The molecule has 0 fully saturated rings. The van der Waals surface area contributed by atoms with Gasteiger partial charge in [0, 0.05) is 19.3 Å². The molecule has 0 saturated carbocycles. The van der Waals surface area contributed by atoms with Gasteiger partial charge in [0.15, 0.2) is 6.10 Å². The highest BCUT2D eigenvalue weighted by Gasteiger charge is 2.19. The van der Waals surface area contributed by atoms with Crippen LogP contribution in [0.4, 0.5) is 0 Å². The van der Waals surface area contributed by atoms with Crippen molar-refractivity contribution in [1.29, 1.82) is 0 Å². The Morgan fingerprint density at radius 3 is 1.02 bits per heavy atom. The first-order valence-corrected chi connectivity index (χ1v) is 25.0. The molecule has 6 nitrogen and oxygen atoms in total. The number of esters is 3. The van der Waals surface area contributed by atoms with Gasteiger partial charge < -0.3 is 14.2 Å². The van der Waals surface area contributed by atoms with Gasteiger partial charge in [-0.25, -0.2) is 0 Å². The van der Waals surface area contributed by atoms with Gasteiger partial charge in [0.25, 0.3) is 0 Å². The predicted octanol–water partition coefficient (Wildman–Crippen LogP) is 16.1. The lowest BCUT2D eigenvalue weighted by Gasteiger charge is -2.18. The van der Waals surface area contributed by atoms with Crippen molar-refractivity contribution >= 4 is 17.9 Å². The van der Waals surface area contributed by atoms with E-state index in [1.807, 2.05) is 0 Å². The fraction of sp³-hybridized carbons (Fsp3) is 0.827. The third-order valence-corrected chi connectivity index (χ3v) is 10.9. The highest BCUT2D eigenvalue weighted by molar-refractivity contribution is 5.71. The van der Waals surface area contributed by atoms with Gasteiger partial charge in [-0.3, -0.25) is 14.4 Å². The lowest BCUT2D eigenvalue weighted by molar-refractivity contribution is -0.167. The summed E-state index contributed by atoms with van der Waals surface area (Å²) in [4.78, 5) is 37.9. The maximum absolute atomic E-state index is 12.8. The molecule has 338 valence electrons. The topological polar surface area (TPSA) is 78.9 Å². The van der Waals surface area contributed by atoms with Crippen LogP contribution < -0.4 is 0 Å². The summed E-state index contributed by atoms with van der Waals surface area (Å²) in [6.45, 7) is 6.58. The van der Waals surface area contributed by atoms with Crippen LogP contribution >= 0.6 is 0 Å². The molecule has 0 aromatic rings. The lowest BCUT2D eigenvalue weighted by atomic mass is 10.1. The molecule has 58 heavy (non-hydrogen) atoms. The molecule has 0 N–H and O–H groups in total. The summed E-state index contributed by atoms with van der Waals surface area (Å²) in [6.07, 6.45) is 54.0. The number of carbonyl (C=O) groups excluding carboxylic acids is 3. The van der Waals surface area contributed by atoms with E-state index in [2.05, 4.69) is 57.2 Å². The number of hydrogen-bond acceptors (Lipinski definition) is 6. The average molecular weight is 815 g/mol. The quantitative estimate of drug-likeness (QED) is 0.0264. The predicted molar refractivity (Wildman–Crippen MR) is 247 cm³/mol. The van der Waals surface area contributed by atoms with Gasteiger partial charge in [0.1, 0.15) is 13.2 Å². The van der Waals surface area contributed by atoms with Gasteiger partial charge in [-0.2, -0.15) is 0 Å². The number of unbranched alkanes of at least 4 members (excludes halogenated alkanes) is 28. The fourth-order valence-electron chi connectivity index (χ4n) is 7.04. The Labute approximate surface area is 359 Å². The monoisotopic (exact) mass is 815 g/mol. The maximum Gasteiger partial charge on any atom is 0.306 e. The number of allylic oxidation sites excluding steroid dienone is 6. The molecule has 0 rings (SSSR count). The Hall–Kier alpha value is -2.37. The SMILES string of the molecule is CCCC/C=C\C/C=C\CCCCCCCC(=O)OC(COC(=O)CCCCCCC/C=C\CCCCCCCC)COC(=O)CCCCCCCCCCCCC. The van der Waals surface area contributed by atoms with E-state index in [4.69, 9.17) is 14.2 Å². The van der Waals surface area contributed by atoms with E-state index in [1.54, 1.807) is 0 Å². The fourth-order valence-corrected chi connectivity index (χ4v) is 7.04. The van der Waals surface area contributed by atoms with Gasteiger partial charge in [-0.05, 0) is 70.6 Å². The third kappa shape index (κ3) is 44.7. The molecule has 1 atom stereocenters. The van der Waals surface area contributed by atoms with Crippen LogP contribution in [0.3, 0.4) is 0 Å². The minimum atomic E-state index is -0.778. The zero-order valence-electron chi connectivity index (χ0n) is 38.6. The van der Waals surface area contributed by atoms with Crippen molar-refractivity contribution in [2.24, 2.45) is 0 Å². The Kier molecular flexibility index (Phi) is 45.4. The summed E-state index contributed by atoms with van der Waals surface area (Å²) >= 11 is 0. The van der Waals surface area contributed by atoms with Crippen LogP contribution in [0, 0.1) is 0 Å². The van der Waals surface area contributed by atoms with E-state index in [-0.39, 0.29) is 31.1 Å². The molecule has 1 unspecified atom stereocenters. The van der Waals surface area contributed by atoms with Crippen molar-refractivity contribution in [2.75, 3.05) is 13.2 Å². The van der Waals surface area contributed by atoms with Crippen LogP contribution in [-0.4, -0.2) is 37.2 Å². The minimum absolute atomic E-state index is 0.0780. The molecule has 0 aromatic carbocycles. The zero-order chi connectivity index (χ0) is 42.3. The second-order valence-corrected chi connectivity index (χ2v) is 16.7. The number of hydrogen-bond donors (Lipinski definition) is 0. The summed E-state index contributed by atoms with van der Waals surface area (Å²) < 4.78 is 16.7. The molecule has 0 amide bonds. The van der Waals surface area contributed by atoms with E-state index >= 15 is 0 Å². The molecule has 0 spiro atoms. The van der Waals surface area contributed by atoms with Crippen LogP contribution in [0.1, 0.15) is 258 Å². The van der Waals surface area contributed by atoms with Gasteiger partial charge in [0.05, 0.1) is 0 Å². The van der Waals surface area contributed by atoms with Gasteiger partial charge in [-0.15, -0.1) is 0 Å². The number of rotatable bonds is 45. The summed E-state index contributed by atoms with van der Waals surface area (Å²) in [5, 5.41) is 0. The Morgan fingerprint density at radius 1 is 0.345 bits per heavy atom. The molecular weight excluding hydrogens is 721 g/mol. The molecule has 0 aliphatic rings. The highest BCUT2D eigenvalue weighted by Crippen LogP contribution is 2.15. The van der Waals surface area contributed by atoms with Crippen LogP contribution in [0.15, 0.2) is 36.5 Å². The molecule has 0 saturated heterocycles. The lowest BCUT2D eigenvalue weighted by Crippen LogP contribution is -2.30. The van der Waals surface area contributed by atoms with Gasteiger partial charge in [-0.1, -0.05) is 205 Å². The van der Waals surface area contributed by atoms with Crippen molar-refractivity contribution in [2.45, 2.75) is 264 Å². The molecule has 0 aliphatic carbocycles. The second-order valence-electron chi connectivity index (χ2n) is 16.7. The van der Waals surface area contributed by atoms with Crippen LogP contribution in [0.5, 0.6) is 0 Å². The summed E-state index contributed by atoms with van der Waals surface area (Å²) in [5.41, 5.74) is 0. The minimum Gasteiger partial charge on any atom is -0.462 e. The van der Waals surface area contributed by atoms with Gasteiger partial charge >= 0.3 is 17.9 Å². The average Bonchev–Trinajstić information content (AvgIpc) is 3.22. The standard InChI is InChI=1S/C52H94O6/c1-4-7-10-13-16-19-22-24-26-28-30-33-36-39-42-45-51(54)57-48-49(47-56-50(53)44-41-38-35-32-29-21-18-15-12-9-6-3)58-52(55)46-43-40-37-34-31-27-25-23-20-17-14-11-8-5-2/h14,17,23-26,49H,4-13,15-16,18-22,27-48H2,1-3H3/b17-14-,25-23-,26-24-. The molecule has 0 bridgehead atoms. The van der Waals surface area contributed by atoms with E-state index in [0.29, 0.717) is 19.3 Å². The maximum atomic E-state index is 12.8. The third-order valence-electron chi connectivity index (χ3n) is 10.9. The smallest absolute Gasteiger partial charge is 0.306 e. The Morgan fingerprint density at radius 2 is 0.638 bits per heavy atom. The van der Waals surface area contributed by atoms with Crippen LogP contribution in [0.25, 0.3) is 0 Å². The molecule has 0 aliphatic heterocycles. The van der Waals surface area contributed by atoms with Crippen molar-refractivity contribution < 1.29 is 28.6 Å². The Bertz CT molecular complexity index is 984. The van der Waals surface area contributed by atoms with Gasteiger partial charge in [0.2, 0.25) is 0 Å². The first kappa shape index (κ1) is 55.6. The second kappa shape index (κ2) is 47.3. The summed E-state index contributed by atoms with van der Waals surface area (Å²) in [7, 11) is 0. The van der Waals surface area contributed by atoms with E-state index in [1.165, 1.54) is 128 Å². The van der Waals surface area contributed by atoms with E-state index < -0.39 is 6.10 Å². The van der Waals surface area contributed by atoms with Crippen LogP contribution in [0.2, 0.25) is 0 Å². The van der Waals surface area contributed by atoms with E-state index in [9.17, 15) is 14.4 Å². The number of ether oxygens (including phenoxy) is 3. The molecule has 0 radical (unpaired) electrons. The first-order chi connectivity index (χ1) is 28.5. The van der Waals surface area contributed by atoms with E-state index in [0.717, 1.165) is 89.9 Å². The summed E-state index contributed by atoms with van der Waals surface area (Å²) in [5.74, 6) is -0.895. The Balaban J connectivity index is 4.38. The normalized spacial score (nSPS) is 12.3. The molecular formula is C52H94O6. The molecule has 0 aromatic heterocycles. The zero-order valence-corrected chi connectivity index (χ0v) is 38.6. The van der Waals surface area contributed by atoms with Crippen molar-refractivity contribution in [3.63, 3.8) is 0 Å². The number of carbonyl (C=O) groups is 3. The summed E-state index contributed by atoms with van der Waals surface area (Å²) in [6, 6.07) is 0. The first-order valence-electron chi connectivity index (χ1n) is 25.0. The molecule has 0 heterocycles.